The number of carbonyl (C=O) groups is 1. The molecule has 0 aliphatic carbocycles. The molecule has 1 saturated heterocycles. The highest BCUT2D eigenvalue weighted by atomic mass is 16.4. The Kier molecular flexibility index (Phi) is 2.41. The molecular weight excluding hydrogens is 248 g/mol. The first-order valence-corrected chi connectivity index (χ1v) is 5.82. The van der Waals surface area contributed by atoms with Crippen molar-refractivity contribution in [3.63, 3.8) is 0 Å². The minimum absolute atomic E-state index is 0.207. The lowest BCUT2D eigenvalue weighted by molar-refractivity contribution is -0.142. The van der Waals surface area contributed by atoms with E-state index in [0.717, 1.165) is 4.68 Å². The molecule has 3 rings (SSSR count). The number of nitrogens with zero attached hydrogens (tertiary/aromatic N) is 3. The maximum Gasteiger partial charge on any atom is 0.312 e. The summed E-state index contributed by atoms with van der Waals surface area (Å²) in [5, 5.41) is 8.84. The molecule has 2 aromatic rings. The van der Waals surface area contributed by atoms with E-state index in [9.17, 15) is 9.59 Å². The van der Waals surface area contributed by atoms with E-state index < -0.39 is 17.4 Å². The van der Waals surface area contributed by atoms with Crippen molar-refractivity contribution in [3.8, 4) is 0 Å². The number of aromatic nitrogens is 2. The number of carboxylic acids is 1. The Morgan fingerprint density at radius 3 is 2.74 bits per heavy atom. The molecular formula is C12H12N4O3. The van der Waals surface area contributed by atoms with Gasteiger partial charge in [-0.25, -0.2) is 9.66 Å². The Labute approximate surface area is 107 Å². The minimum Gasteiger partial charge on any atom is -0.481 e. The van der Waals surface area contributed by atoms with Gasteiger partial charge in [-0.3, -0.25) is 9.59 Å². The fraction of sp³-hybridized carbons (Fsp3) is 0.250. The van der Waals surface area contributed by atoms with Crippen LogP contribution in [0.15, 0.2) is 29.1 Å². The van der Waals surface area contributed by atoms with Crippen LogP contribution in [0.3, 0.4) is 0 Å². The van der Waals surface area contributed by atoms with Crippen molar-refractivity contribution >= 4 is 22.8 Å². The van der Waals surface area contributed by atoms with E-state index in [4.69, 9.17) is 10.9 Å². The number of nitrogen functional groups attached to an aromatic ring is 1. The molecule has 0 saturated carbocycles. The predicted molar refractivity (Wildman–Crippen MR) is 69.5 cm³/mol. The number of hydrogen-bond acceptors (Lipinski definition) is 5. The number of carboxylic acid groups (broad SMARTS) is 1. The van der Waals surface area contributed by atoms with Crippen LogP contribution in [0.5, 0.6) is 0 Å². The Bertz CT molecular complexity index is 718. The maximum absolute atomic E-state index is 12.1. The Hall–Kier alpha value is -2.57. The summed E-state index contributed by atoms with van der Waals surface area (Å²) < 4.78 is 1.05. The molecule has 1 aliphatic heterocycles. The molecule has 0 spiro atoms. The summed E-state index contributed by atoms with van der Waals surface area (Å²) in [5.41, 5.74) is 0.743. The van der Waals surface area contributed by atoms with Gasteiger partial charge in [-0.1, -0.05) is 12.1 Å². The molecule has 0 amide bonds. The Morgan fingerprint density at radius 1 is 1.37 bits per heavy atom. The highest BCUT2D eigenvalue weighted by Gasteiger charge is 2.35. The van der Waals surface area contributed by atoms with E-state index in [0.29, 0.717) is 11.0 Å². The van der Waals surface area contributed by atoms with E-state index >= 15 is 0 Å². The quantitative estimate of drug-likeness (QED) is 0.714. The summed E-state index contributed by atoms with van der Waals surface area (Å²) in [7, 11) is 0. The molecule has 19 heavy (non-hydrogen) atoms. The highest BCUT2D eigenvalue weighted by Crippen LogP contribution is 2.21. The van der Waals surface area contributed by atoms with Crippen LogP contribution >= 0.6 is 0 Å². The number of benzene rings is 1. The molecule has 0 atom stereocenters. The molecule has 1 aromatic heterocycles. The van der Waals surface area contributed by atoms with Crippen LogP contribution in [0.25, 0.3) is 11.0 Å². The number of rotatable bonds is 2. The van der Waals surface area contributed by atoms with Crippen LogP contribution in [-0.2, 0) is 4.79 Å². The van der Waals surface area contributed by atoms with Crippen LogP contribution in [-0.4, -0.2) is 33.8 Å². The van der Waals surface area contributed by atoms with E-state index in [1.807, 2.05) is 0 Å². The largest absolute Gasteiger partial charge is 0.481 e. The first-order valence-electron chi connectivity index (χ1n) is 5.82. The number of hydrogen-bond donors (Lipinski definition) is 2. The predicted octanol–water partition coefficient (Wildman–Crippen LogP) is -0.369. The zero-order chi connectivity index (χ0) is 13.6. The molecule has 3 N–H and O–H groups in total. The van der Waals surface area contributed by atoms with Gasteiger partial charge in [0.05, 0.1) is 17.0 Å². The van der Waals surface area contributed by atoms with Crippen LogP contribution in [0, 0.1) is 5.92 Å². The number of anilines is 1. The van der Waals surface area contributed by atoms with Gasteiger partial charge in [-0.15, -0.1) is 0 Å². The molecule has 2 heterocycles. The van der Waals surface area contributed by atoms with Gasteiger partial charge in [0.25, 0.3) is 0 Å². The smallest absolute Gasteiger partial charge is 0.312 e. The van der Waals surface area contributed by atoms with Crippen LogP contribution in [0.1, 0.15) is 0 Å². The zero-order valence-corrected chi connectivity index (χ0v) is 9.98. The van der Waals surface area contributed by atoms with E-state index in [2.05, 4.69) is 4.98 Å². The summed E-state index contributed by atoms with van der Waals surface area (Å²) in [6.45, 7) is 0.575. The summed E-state index contributed by atoms with van der Waals surface area (Å²) in [4.78, 5) is 28.8. The fourth-order valence-electron chi connectivity index (χ4n) is 2.16. The normalized spacial score (nSPS) is 15.5. The number of nitrogens with two attached hydrogens (primary N) is 1. The molecule has 0 unspecified atom stereocenters. The first kappa shape index (κ1) is 11.5. The van der Waals surface area contributed by atoms with Gasteiger partial charge in [0.1, 0.15) is 0 Å². The van der Waals surface area contributed by atoms with Crippen LogP contribution < -0.4 is 16.3 Å². The average molecular weight is 260 g/mol. The standard InChI is InChI=1S/C12H12N4O3/c13-16-9-4-2-1-3-8(9)14-10(11(16)17)15-5-7(6-15)12(18)19/h1-4,7H,5-6,13H2,(H,18,19). The van der Waals surface area contributed by atoms with Gasteiger partial charge in [-0.2, -0.15) is 0 Å². The van der Waals surface area contributed by atoms with Crippen molar-refractivity contribution in [2.24, 2.45) is 5.92 Å². The van der Waals surface area contributed by atoms with Gasteiger partial charge < -0.3 is 15.8 Å². The maximum atomic E-state index is 12.1. The van der Waals surface area contributed by atoms with Crippen molar-refractivity contribution in [1.29, 1.82) is 0 Å². The topological polar surface area (TPSA) is 101 Å². The monoisotopic (exact) mass is 260 g/mol. The van der Waals surface area contributed by atoms with Crippen molar-refractivity contribution in [2.45, 2.75) is 0 Å². The second kappa shape index (κ2) is 3.98. The second-order valence-electron chi connectivity index (χ2n) is 4.54. The van der Waals surface area contributed by atoms with Crippen molar-refractivity contribution < 1.29 is 9.90 Å². The lowest BCUT2D eigenvalue weighted by Gasteiger charge is -2.37. The van der Waals surface area contributed by atoms with Crippen molar-refractivity contribution in [3.05, 3.63) is 34.6 Å². The lowest BCUT2D eigenvalue weighted by Crippen LogP contribution is -2.53. The third kappa shape index (κ3) is 1.70. The average Bonchev–Trinajstić information content (AvgIpc) is 2.33. The molecule has 0 bridgehead atoms. The summed E-state index contributed by atoms with van der Waals surface area (Å²) in [5.74, 6) is 4.66. The van der Waals surface area contributed by atoms with E-state index in [1.165, 1.54) is 0 Å². The molecule has 98 valence electrons. The number of fused-ring (bicyclic) bond motifs is 1. The number of aliphatic carboxylic acids is 1. The lowest BCUT2D eigenvalue weighted by atomic mass is 10.0. The molecule has 7 heteroatoms. The first-order chi connectivity index (χ1) is 9.08. The molecule has 1 fully saturated rings. The SMILES string of the molecule is Nn1c(=O)c(N2CC(C(=O)O)C2)nc2ccccc21. The third-order valence-electron chi connectivity index (χ3n) is 3.31. The third-order valence-corrected chi connectivity index (χ3v) is 3.31. The van der Waals surface area contributed by atoms with E-state index in [1.54, 1.807) is 29.2 Å². The van der Waals surface area contributed by atoms with Gasteiger partial charge >= 0.3 is 11.5 Å². The molecule has 1 aliphatic rings. The molecule has 7 nitrogen and oxygen atoms in total. The highest BCUT2D eigenvalue weighted by molar-refractivity contribution is 5.78. The Morgan fingerprint density at radius 2 is 2.05 bits per heavy atom. The second-order valence-corrected chi connectivity index (χ2v) is 4.54. The van der Waals surface area contributed by atoms with Gasteiger partial charge in [0, 0.05) is 13.1 Å². The molecule has 0 radical (unpaired) electrons. The number of para-hydroxylation sites is 2. The summed E-state index contributed by atoms with van der Waals surface area (Å²) in [6, 6.07) is 7.05. The van der Waals surface area contributed by atoms with Crippen LogP contribution in [0.4, 0.5) is 5.82 Å². The van der Waals surface area contributed by atoms with Crippen molar-refractivity contribution in [1.82, 2.24) is 9.66 Å². The van der Waals surface area contributed by atoms with Gasteiger partial charge in [-0.05, 0) is 12.1 Å². The summed E-state index contributed by atoms with van der Waals surface area (Å²) in [6.07, 6.45) is 0. The fourth-order valence-corrected chi connectivity index (χ4v) is 2.16. The molecule has 1 aromatic carbocycles. The zero-order valence-electron chi connectivity index (χ0n) is 9.98. The van der Waals surface area contributed by atoms with Crippen LogP contribution in [0.2, 0.25) is 0 Å². The van der Waals surface area contributed by atoms with Gasteiger partial charge in [0.15, 0.2) is 5.82 Å². The van der Waals surface area contributed by atoms with Gasteiger partial charge in [0.2, 0.25) is 0 Å². The Balaban J connectivity index is 2.04. The van der Waals surface area contributed by atoms with E-state index in [-0.39, 0.29) is 18.9 Å². The van der Waals surface area contributed by atoms with Crippen molar-refractivity contribution in [2.75, 3.05) is 23.8 Å². The summed E-state index contributed by atoms with van der Waals surface area (Å²) >= 11 is 0. The minimum atomic E-state index is -0.856.